The van der Waals surface area contributed by atoms with Crippen LogP contribution in [0.5, 0.6) is 0 Å². The Kier molecular flexibility index (Phi) is 3.98. The summed E-state index contributed by atoms with van der Waals surface area (Å²) in [6.45, 7) is 0.253. The van der Waals surface area contributed by atoms with E-state index in [0.29, 0.717) is 11.1 Å². The van der Waals surface area contributed by atoms with E-state index in [1.54, 1.807) is 42.3 Å². The molecule has 0 heterocycles. The summed E-state index contributed by atoms with van der Waals surface area (Å²) in [7, 11) is 1.78. The average molecular weight is 275 g/mol. The Morgan fingerprint density at radius 3 is 2.40 bits per heavy atom. The second kappa shape index (κ2) is 5.69. The van der Waals surface area contributed by atoms with Crippen LogP contribution in [0.4, 0.5) is 14.5 Å². The largest absolute Gasteiger partial charge is 0.384 e. The number of amidine groups is 1. The van der Waals surface area contributed by atoms with E-state index >= 15 is 0 Å². The van der Waals surface area contributed by atoms with Crippen molar-refractivity contribution in [2.45, 2.75) is 6.54 Å². The van der Waals surface area contributed by atoms with Gasteiger partial charge in [-0.15, -0.1) is 0 Å². The lowest BCUT2D eigenvalue weighted by molar-refractivity contribution is 0.498. The van der Waals surface area contributed by atoms with Gasteiger partial charge in [-0.05, 0) is 30.3 Å². The van der Waals surface area contributed by atoms with Gasteiger partial charge in [0.05, 0.1) is 0 Å². The monoisotopic (exact) mass is 275 g/mol. The highest BCUT2D eigenvalue weighted by atomic mass is 19.2. The molecule has 0 saturated heterocycles. The lowest BCUT2D eigenvalue weighted by Crippen LogP contribution is -2.18. The van der Waals surface area contributed by atoms with Crippen molar-refractivity contribution >= 4 is 11.5 Å². The normalized spacial score (nSPS) is 10.3. The molecule has 0 spiro atoms. The van der Waals surface area contributed by atoms with Crippen molar-refractivity contribution in [3.05, 3.63) is 65.2 Å². The molecule has 0 fully saturated rings. The van der Waals surface area contributed by atoms with Crippen molar-refractivity contribution in [1.82, 2.24) is 0 Å². The van der Waals surface area contributed by atoms with E-state index in [4.69, 9.17) is 11.1 Å². The van der Waals surface area contributed by atoms with Gasteiger partial charge in [0.15, 0.2) is 11.6 Å². The van der Waals surface area contributed by atoms with Crippen LogP contribution < -0.4 is 10.6 Å². The molecule has 2 aromatic rings. The molecule has 0 bridgehead atoms. The first kappa shape index (κ1) is 14.0. The predicted molar refractivity (Wildman–Crippen MR) is 75.9 cm³/mol. The Morgan fingerprint density at radius 1 is 1.15 bits per heavy atom. The highest BCUT2D eigenvalue weighted by Gasteiger charge is 2.10. The van der Waals surface area contributed by atoms with Gasteiger partial charge in [-0.1, -0.05) is 12.1 Å². The van der Waals surface area contributed by atoms with Crippen LogP contribution >= 0.6 is 0 Å². The molecule has 0 aromatic heterocycles. The minimum absolute atomic E-state index is 0.00428. The molecule has 0 atom stereocenters. The van der Waals surface area contributed by atoms with Crippen molar-refractivity contribution in [2.24, 2.45) is 5.73 Å². The van der Waals surface area contributed by atoms with Crippen LogP contribution in [0.2, 0.25) is 0 Å². The Balaban J connectivity index is 2.17. The molecule has 0 aliphatic heterocycles. The van der Waals surface area contributed by atoms with Crippen LogP contribution in [0.3, 0.4) is 0 Å². The van der Waals surface area contributed by atoms with Gasteiger partial charge in [-0.2, -0.15) is 0 Å². The first-order chi connectivity index (χ1) is 9.49. The number of rotatable bonds is 4. The van der Waals surface area contributed by atoms with E-state index < -0.39 is 11.6 Å². The lowest BCUT2D eigenvalue weighted by Gasteiger charge is -2.20. The van der Waals surface area contributed by atoms with E-state index in [9.17, 15) is 8.78 Å². The fourth-order valence-corrected chi connectivity index (χ4v) is 1.91. The van der Waals surface area contributed by atoms with Crippen LogP contribution in [0.1, 0.15) is 11.1 Å². The van der Waals surface area contributed by atoms with Gasteiger partial charge in [-0.25, -0.2) is 8.78 Å². The van der Waals surface area contributed by atoms with Crippen molar-refractivity contribution in [3.63, 3.8) is 0 Å². The zero-order valence-electron chi connectivity index (χ0n) is 11.0. The van der Waals surface area contributed by atoms with Gasteiger partial charge in [0.1, 0.15) is 5.84 Å². The summed E-state index contributed by atoms with van der Waals surface area (Å²) in [5, 5.41) is 7.32. The van der Waals surface area contributed by atoms with Gasteiger partial charge in [0.2, 0.25) is 0 Å². The molecule has 20 heavy (non-hydrogen) atoms. The summed E-state index contributed by atoms with van der Waals surface area (Å²) in [5.41, 5.74) is 7.13. The molecule has 0 amide bonds. The van der Waals surface area contributed by atoms with E-state index in [1.165, 1.54) is 6.07 Å². The van der Waals surface area contributed by atoms with Gasteiger partial charge in [0.25, 0.3) is 0 Å². The van der Waals surface area contributed by atoms with E-state index in [0.717, 1.165) is 11.8 Å². The minimum Gasteiger partial charge on any atom is -0.384 e. The van der Waals surface area contributed by atoms with Gasteiger partial charge in [0, 0.05) is 30.4 Å². The number of anilines is 1. The molecule has 0 radical (unpaired) electrons. The molecule has 2 rings (SSSR count). The highest BCUT2D eigenvalue weighted by Crippen LogP contribution is 2.19. The van der Waals surface area contributed by atoms with Gasteiger partial charge < -0.3 is 10.6 Å². The number of halogens is 2. The smallest absolute Gasteiger partial charge is 0.163 e. The quantitative estimate of drug-likeness (QED) is 0.666. The van der Waals surface area contributed by atoms with Crippen LogP contribution in [-0.4, -0.2) is 12.9 Å². The third-order valence-corrected chi connectivity index (χ3v) is 3.06. The Hall–Kier alpha value is -2.43. The Bertz CT molecular complexity index is 624. The summed E-state index contributed by atoms with van der Waals surface area (Å²) in [6, 6.07) is 11.1. The third kappa shape index (κ3) is 2.93. The summed E-state index contributed by atoms with van der Waals surface area (Å²) in [4.78, 5) is 1.79. The van der Waals surface area contributed by atoms with E-state index in [1.807, 2.05) is 0 Å². The number of nitrogens with zero attached hydrogens (tertiary/aromatic N) is 1. The van der Waals surface area contributed by atoms with Crippen molar-refractivity contribution in [2.75, 3.05) is 11.9 Å². The van der Waals surface area contributed by atoms with E-state index in [-0.39, 0.29) is 12.4 Å². The summed E-state index contributed by atoms with van der Waals surface area (Å²) in [5.74, 6) is -1.67. The Morgan fingerprint density at radius 2 is 1.80 bits per heavy atom. The van der Waals surface area contributed by atoms with Crippen molar-refractivity contribution < 1.29 is 8.78 Å². The summed E-state index contributed by atoms with van der Waals surface area (Å²) >= 11 is 0. The fourth-order valence-electron chi connectivity index (χ4n) is 1.91. The number of hydrogen-bond donors (Lipinski definition) is 2. The maximum Gasteiger partial charge on any atom is 0.163 e. The van der Waals surface area contributed by atoms with Crippen LogP contribution in [0.15, 0.2) is 42.5 Å². The highest BCUT2D eigenvalue weighted by molar-refractivity contribution is 5.95. The molecular formula is C15H15F2N3. The molecule has 0 unspecified atom stereocenters. The molecule has 3 nitrogen and oxygen atoms in total. The molecule has 104 valence electrons. The molecule has 0 aliphatic rings. The first-order valence-corrected chi connectivity index (χ1v) is 6.07. The van der Waals surface area contributed by atoms with Crippen LogP contribution in [0.25, 0.3) is 0 Å². The average Bonchev–Trinajstić information content (AvgIpc) is 2.44. The van der Waals surface area contributed by atoms with Gasteiger partial charge >= 0.3 is 0 Å². The number of nitrogens with one attached hydrogen (secondary N) is 1. The number of nitrogens with two attached hydrogens (primary N) is 1. The molecule has 3 N–H and O–H groups in total. The zero-order chi connectivity index (χ0) is 14.7. The van der Waals surface area contributed by atoms with Gasteiger partial charge in [-0.3, -0.25) is 5.41 Å². The van der Waals surface area contributed by atoms with Crippen molar-refractivity contribution in [1.29, 1.82) is 5.41 Å². The fraction of sp³-hybridized carbons (Fsp3) is 0.133. The summed E-state index contributed by atoms with van der Waals surface area (Å²) < 4.78 is 26.7. The standard InChI is InChI=1S/C15H15F2N3/c1-20(9-11-3-2-4-13(16)14(11)17)12-7-5-10(6-8-12)15(18)19/h2-8H,9H2,1H3,(H3,18,19). The maximum absolute atomic E-state index is 13.6. The predicted octanol–water partition coefficient (Wildman–Crippen LogP) is 2.89. The SMILES string of the molecule is CN(Cc1cccc(F)c1F)c1ccc(C(=N)N)cc1. The number of nitrogen functional groups attached to an aromatic ring is 1. The number of hydrogen-bond acceptors (Lipinski definition) is 2. The maximum atomic E-state index is 13.6. The molecule has 5 heteroatoms. The Labute approximate surface area is 116 Å². The second-order valence-corrected chi connectivity index (χ2v) is 4.53. The first-order valence-electron chi connectivity index (χ1n) is 6.07. The van der Waals surface area contributed by atoms with Crippen LogP contribution in [-0.2, 0) is 6.54 Å². The lowest BCUT2D eigenvalue weighted by atomic mass is 10.1. The topological polar surface area (TPSA) is 53.1 Å². The molecule has 2 aromatic carbocycles. The zero-order valence-corrected chi connectivity index (χ0v) is 11.0. The molecular weight excluding hydrogens is 260 g/mol. The second-order valence-electron chi connectivity index (χ2n) is 4.53. The molecule has 0 saturated carbocycles. The van der Waals surface area contributed by atoms with E-state index in [2.05, 4.69) is 0 Å². The summed E-state index contributed by atoms with van der Waals surface area (Å²) in [6.07, 6.45) is 0. The number of benzene rings is 2. The van der Waals surface area contributed by atoms with Crippen LogP contribution in [0, 0.1) is 17.0 Å². The molecule has 0 aliphatic carbocycles. The third-order valence-electron chi connectivity index (χ3n) is 3.06. The van der Waals surface area contributed by atoms with Crippen molar-refractivity contribution in [3.8, 4) is 0 Å². The minimum atomic E-state index is -0.845.